The van der Waals surface area contributed by atoms with Crippen LogP contribution in [0, 0.1) is 6.92 Å². The highest BCUT2D eigenvalue weighted by Crippen LogP contribution is 2.20. The molecule has 3 rings (SSSR count). The quantitative estimate of drug-likeness (QED) is 0.177. The standard InChI is InChI=1S/C22H18BrN3O4S/c1-13-12-16(23)7-10-18(13)24-20(27)21(28)26-25-14(2)15-5-8-17(9-6-15)30-22(29)19-4-3-11-31-19/h3-12H,1-2H3,(H,24,27)(H,26,28). The Hall–Kier alpha value is -3.30. The summed E-state index contributed by atoms with van der Waals surface area (Å²) < 4.78 is 6.18. The van der Waals surface area contributed by atoms with Gasteiger partial charge in [0.05, 0.1) is 5.71 Å². The second-order valence-electron chi connectivity index (χ2n) is 6.44. The predicted molar refractivity (Wildman–Crippen MR) is 124 cm³/mol. The summed E-state index contributed by atoms with van der Waals surface area (Å²) in [5.41, 5.74) is 4.77. The van der Waals surface area contributed by atoms with Crippen molar-refractivity contribution in [3.05, 3.63) is 80.5 Å². The highest BCUT2D eigenvalue weighted by molar-refractivity contribution is 9.10. The fraction of sp³-hybridized carbons (Fsp3) is 0.0909. The summed E-state index contributed by atoms with van der Waals surface area (Å²) in [6.45, 7) is 3.51. The molecule has 0 fully saturated rings. The van der Waals surface area contributed by atoms with Crippen LogP contribution in [0.15, 0.2) is 69.6 Å². The van der Waals surface area contributed by atoms with Crippen LogP contribution in [0.4, 0.5) is 5.69 Å². The monoisotopic (exact) mass is 499 g/mol. The third kappa shape index (κ3) is 6.09. The molecule has 0 aliphatic rings. The molecule has 0 spiro atoms. The van der Waals surface area contributed by atoms with Crippen molar-refractivity contribution in [1.82, 2.24) is 5.43 Å². The molecule has 7 nitrogen and oxygen atoms in total. The lowest BCUT2D eigenvalue weighted by atomic mass is 10.1. The van der Waals surface area contributed by atoms with Crippen LogP contribution in [-0.2, 0) is 9.59 Å². The van der Waals surface area contributed by atoms with Gasteiger partial charge >= 0.3 is 17.8 Å². The predicted octanol–water partition coefficient (Wildman–Crippen LogP) is 4.52. The van der Waals surface area contributed by atoms with Crippen molar-refractivity contribution in [2.75, 3.05) is 5.32 Å². The molecule has 0 unspecified atom stereocenters. The molecule has 0 aliphatic heterocycles. The Labute approximate surface area is 191 Å². The number of benzene rings is 2. The first kappa shape index (κ1) is 22.4. The summed E-state index contributed by atoms with van der Waals surface area (Å²) in [4.78, 5) is 36.6. The number of amides is 2. The molecule has 0 saturated heterocycles. The number of carbonyl (C=O) groups excluding carboxylic acids is 3. The second kappa shape index (κ2) is 10.1. The first-order valence-electron chi connectivity index (χ1n) is 9.11. The number of hydrogen-bond acceptors (Lipinski definition) is 6. The van der Waals surface area contributed by atoms with E-state index in [1.54, 1.807) is 60.8 Å². The van der Waals surface area contributed by atoms with E-state index in [1.165, 1.54) is 11.3 Å². The Bertz CT molecular complexity index is 1140. The summed E-state index contributed by atoms with van der Waals surface area (Å²) in [6.07, 6.45) is 0. The van der Waals surface area contributed by atoms with Crippen LogP contribution in [0.3, 0.4) is 0 Å². The van der Waals surface area contributed by atoms with E-state index in [0.29, 0.717) is 27.6 Å². The summed E-state index contributed by atoms with van der Waals surface area (Å²) >= 11 is 4.65. The van der Waals surface area contributed by atoms with Crippen LogP contribution in [0.1, 0.15) is 27.7 Å². The molecule has 0 bridgehead atoms. The van der Waals surface area contributed by atoms with Crippen LogP contribution in [-0.4, -0.2) is 23.5 Å². The number of aryl methyl sites for hydroxylation is 1. The Morgan fingerprint density at radius 2 is 1.77 bits per heavy atom. The molecule has 0 atom stereocenters. The maximum atomic E-state index is 12.1. The van der Waals surface area contributed by atoms with Gasteiger partial charge in [0.15, 0.2) is 0 Å². The van der Waals surface area contributed by atoms with E-state index in [0.717, 1.165) is 10.0 Å². The Morgan fingerprint density at radius 1 is 1.03 bits per heavy atom. The van der Waals surface area contributed by atoms with E-state index in [-0.39, 0.29) is 0 Å². The van der Waals surface area contributed by atoms with Gasteiger partial charge in [-0.3, -0.25) is 9.59 Å². The van der Waals surface area contributed by atoms with Gasteiger partial charge in [0.25, 0.3) is 0 Å². The third-order valence-electron chi connectivity index (χ3n) is 4.17. The number of anilines is 1. The molecule has 2 amide bonds. The zero-order valence-electron chi connectivity index (χ0n) is 16.6. The van der Waals surface area contributed by atoms with E-state index < -0.39 is 17.8 Å². The molecule has 2 aromatic carbocycles. The van der Waals surface area contributed by atoms with E-state index >= 15 is 0 Å². The van der Waals surface area contributed by atoms with Crippen molar-refractivity contribution in [2.24, 2.45) is 5.10 Å². The minimum Gasteiger partial charge on any atom is -0.422 e. The highest BCUT2D eigenvalue weighted by atomic mass is 79.9. The zero-order valence-corrected chi connectivity index (χ0v) is 19.0. The lowest BCUT2D eigenvalue weighted by Crippen LogP contribution is -2.33. The summed E-state index contributed by atoms with van der Waals surface area (Å²) in [5.74, 6) is -1.74. The number of hydrogen-bond donors (Lipinski definition) is 2. The van der Waals surface area contributed by atoms with Gasteiger partial charge in [0.1, 0.15) is 10.6 Å². The Kier molecular flexibility index (Phi) is 7.32. The molecule has 0 aliphatic carbocycles. The lowest BCUT2D eigenvalue weighted by Gasteiger charge is -2.08. The molecule has 1 heterocycles. The summed E-state index contributed by atoms with van der Waals surface area (Å²) in [5, 5.41) is 8.32. The van der Waals surface area contributed by atoms with Gasteiger partial charge < -0.3 is 10.1 Å². The Morgan fingerprint density at radius 3 is 2.42 bits per heavy atom. The second-order valence-corrected chi connectivity index (χ2v) is 8.31. The van der Waals surface area contributed by atoms with Gasteiger partial charge in [-0.25, -0.2) is 10.2 Å². The number of rotatable bonds is 5. The molecule has 0 radical (unpaired) electrons. The highest BCUT2D eigenvalue weighted by Gasteiger charge is 2.15. The van der Waals surface area contributed by atoms with E-state index in [2.05, 4.69) is 31.8 Å². The molecule has 158 valence electrons. The number of ether oxygens (including phenoxy) is 1. The average Bonchev–Trinajstić information content (AvgIpc) is 3.29. The maximum Gasteiger partial charge on any atom is 0.353 e. The third-order valence-corrected chi connectivity index (χ3v) is 5.52. The lowest BCUT2D eigenvalue weighted by molar-refractivity contribution is -0.136. The zero-order chi connectivity index (χ0) is 22.4. The van der Waals surface area contributed by atoms with E-state index in [4.69, 9.17) is 4.74 Å². The topological polar surface area (TPSA) is 96.9 Å². The molecular weight excluding hydrogens is 482 g/mol. The number of halogens is 1. The first-order chi connectivity index (χ1) is 14.8. The maximum absolute atomic E-state index is 12.1. The van der Waals surface area contributed by atoms with Gasteiger partial charge in [-0.05, 0) is 78.9 Å². The van der Waals surface area contributed by atoms with Crippen molar-refractivity contribution in [1.29, 1.82) is 0 Å². The van der Waals surface area contributed by atoms with Crippen molar-refractivity contribution >= 4 is 56.4 Å². The Balaban J connectivity index is 1.57. The molecule has 1 aromatic heterocycles. The van der Waals surface area contributed by atoms with Gasteiger partial charge in [0, 0.05) is 10.2 Å². The number of carbonyl (C=O) groups is 3. The van der Waals surface area contributed by atoms with E-state index in [1.807, 2.05) is 13.0 Å². The number of nitrogens with zero attached hydrogens (tertiary/aromatic N) is 1. The molecule has 3 aromatic rings. The molecule has 2 N–H and O–H groups in total. The van der Waals surface area contributed by atoms with Crippen molar-refractivity contribution in [3.8, 4) is 5.75 Å². The number of hydrazone groups is 1. The molecular formula is C22H18BrN3O4S. The van der Waals surface area contributed by atoms with Gasteiger partial charge in [-0.1, -0.05) is 22.0 Å². The smallest absolute Gasteiger partial charge is 0.353 e. The number of esters is 1. The minimum absolute atomic E-state index is 0.392. The normalized spacial score (nSPS) is 11.0. The van der Waals surface area contributed by atoms with Crippen LogP contribution in [0.25, 0.3) is 0 Å². The van der Waals surface area contributed by atoms with Crippen molar-refractivity contribution in [2.45, 2.75) is 13.8 Å². The molecule has 0 saturated carbocycles. The van der Waals surface area contributed by atoms with E-state index in [9.17, 15) is 14.4 Å². The van der Waals surface area contributed by atoms with Crippen molar-refractivity contribution in [3.63, 3.8) is 0 Å². The minimum atomic E-state index is -0.886. The van der Waals surface area contributed by atoms with Crippen LogP contribution >= 0.6 is 27.3 Å². The fourth-order valence-electron chi connectivity index (χ4n) is 2.51. The number of nitrogens with one attached hydrogen (secondary N) is 2. The average molecular weight is 500 g/mol. The fourth-order valence-corrected chi connectivity index (χ4v) is 3.59. The van der Waals surface area contributed by atoms with Gasteiger partial charge in [0.2, 0.25) is 0 Å². The SMILES string of the molecule is CC(=NNC(=O)C(=O)Nc1ccc(Br)cc1C)c1ccc(OC(=O)c2cccs2)cc1. The molecule has 31 heavy (non-hydrogen) atoms. The van der Waals surface area contributed by atoms with Crippen LogP contribution in [0.5, 0.6) is 5.75 Å². The van der Waals surface area contributed by atoms with Crippen LogP contribution in [0.2, 0.25) is 0 Å². The van der Waals surface area contributed by atoms with Gasteiger partial charge in [-0.2, -0.15) is 5.10 Å². The largest absolute Gasteiger partial charge is 0.422 e. The molecule has 9 heteroatoms. The number of thiophene rings is 1. The van der Waals surface area contributed by atoms with Crippen molar-refractivity contribution < 1.29 is 19.1 Å². The first-order valence-corrected chi connectivity index (χ1v) is 10.8. The summed E-state index contributed by atoms with van der Waals surface area (Å²) in [6, 6.07) is 15.4. The van der Waals surface area contributed by atoms with Gasteiger partial charge in [-0.15, -0.1) is 11.3 Å². The van der Waals surface area contributed by atoms with Crippen LogP contribution < -0.4 is 15.5 Å². The summed E-state index contributed by atoms with van der Waals surface area (Å²) in [7, 11) is 0.